The molecule has 1 nitrogen and oxygen atoms in total. The second-order valence-electron chi connectivity index (χ2n) is 7.25. The molecule has 0 radical (unpaired) electrons. The van der Waals surface area contributed by atoms with Crippen LogP contribution >= 0.6 is 23.2 Å². The summed E-state index contributed by atoms with van der Waals surface area (Å²) in [5.41, 5.74) is 1.36. The van der Waals surface area contributed by atoms with Crippen LogP contribution in [0.3, 0.4) is 0 Å². The van der Waals surface area contributed by atoms with Crippen molar-refractivity contribution in [2.24, 2.45) is 16.7 Å². The van der Waals surface area contributed by atoms with Gasteiger partial charge in [-0.25, -0.2) is 4.39 Å². The third-order valence-corrected chi connectivity index (χ3v) is 6.11. The molecule has 2 bridgehead atoms. The molecule has 3 atom stereocenters. The Balaban J connectivity index is 1.91. The maximum Gasteiger partial charge on any atom is 0.160 e. The van der Waals surface area contributed by atoms with Gasteiger partial charge in [0, 0.05) is 11.7 Å². The summed E-state index contributed by atoms with van der Waals surface area (Å²) >= 11 is 11.8. The van der Waals surface area contributed by atoms with E-state index in [0.717, 1.165) is 11.6 Å². The summed E-state index contributed by atoms with van der Waals surface area (Å²) in [6.07, 6.45) is 3.83. The van der Waals surface area contributed by atoms with Crippen molar-refractivity contribution >= 4 is 28.9 Å². The third-order valence-electron chi connectivity index (χ3n) is 5.56. The SMILES string of the molecule is CC12CCC(C1)C(C)(C)C2Nc1cc(Cl)c(F)c(Cl)c1. The first-order valence-electron chi connectivity index (χ1n) is 7.15. The van der Waals surface area contributed by atoms with Crippen LogP contribution in [-0.2, 0) is 0 Å². The topological polar surface area (TPSA) is 12.0 Å². The summed E-state index contributed by atoms with van der Waals surface area (Å²) in [7, 11) is 0. The molecule has 0 aliphatic heterocycles. The highest BCUT2D eigenvalue weighted by Crippen LogP contribution is 2.63. The van der Waals surface area contributed by atoms with Crippen LogP contribution < -0.4 is 5.32 Å². The molecule has 2 aliphatic carbocycles. The molecule has 3 unspecified atom stereocenters. The molecule has 2 aliphatic rings. The molecular weight excluding hydrogens is 296 g/mol. The largest absolute Gasteiger partial charge is 0.381 e. The van der Waals surface area contributed by atoms with E-state index in [0.29, 0.717) is 11.5 Å². The molecule has 0 heterocycles. The number of benzene rings is 1. The van der Waals surface area contributed by atoms with E-state index in [2.05, 4.69) is 26.1 Å². The lowest BCUT2D eigenvalue weighted by Gasteiger charge is -2.43. The minimum Gasteiger partial charge on any atom is -0.381 e. The smallest absolute Gasteiger partial charge is 0.160 e. The molecule has 2 saturated carbocycles. The van der Waals surface area contributed by atoms with Crippen LogP contribution in [0.5, 0.6) is 0 Å². The van der Waals surface area contributed by atoms with E-state index in [1.165, 1.54) is 19.3 Å². The third kappa shape index (κ3) is 2.03. The molecule has 1 aromatic carbocycles. The Kier molecular flexibility index (Phi) is 3.26. The fourth-order valence-corrected chi connectivity index (χ4v) is 4.95. The second-order valence-corrected chi connectivity index (χ2v) is 8.06. The zero-order valence-electron chi connectivity index (χ0n) is 12.1. The van der Waals surface area contributed by atoms with Crippen LogP contribution in [0, 0.1) is 22.6 Å². The van der Waals surface area contributed by atoms with E-state index in [1.54, 1.807) is 12.1 Å². The number of fused-ring (bicyclic) bond motifs is 2. The Labute approximate surface area is 129 Å². The molecular formula is C16H20Cl2FN. The van der Waals surface area contributed by atoms with E-state index < -0.39 is 5.82 Å². The van der Waals surface area contributed by atoms with E-state index in [9.17, 15) is 4.39 Å². The number of hydrogen-bond donors (Lipinski definition) is 1. The van der Waals surface area contributed by atoms with E-state index in [1.807, 2.05) is 0 Å². The first-order valence-corrected chi connectivity index (χ1v) is 7.91. The Hall–Kier alpha value is -0.470. The summed E-state index contributed by atoms with van der Waals surface area (Å²) in [5.74, 6) is 0.216. The van der Waals surface area contributed by atoms with Crippen molar-refractivity contribution in [3.63, 3.8) is 0 Å². The lowest BCUT2D eigenvalue weighted by atomic mass is 9.68. The van der Waals surface area contributed by atoms with Crippen molar-refractivity contribution in [1.29, 1.82) is 0 Å². The van der Waals surface area contributed by atoms with Gasteiger partial charge in [0.2, 0.25) is 0 Å². The molecule has 0 saturated heterocycles. The lowest BCUT2D eigenvalue weighted by Crippen LogP contribution is -2.45. The minimum absolute atomic E-state index is 0.0751. The maximum atomic E-state index is 13.5. The molecule has 0 aromatic heterocycles. The van der Waals surface area contributed by atoms with Crippen molar-refractivity contribution in [1.82, 2.24) is 0 Å². The summed E-state index contributed by atoms with van der Waals surface area (Å²) < 4.78 is 13.5. The zero-order valence-corrected chi connectivity index (χ0v) is 13.6. The number of rotatable bonds is 2. The zero-order chi connectivity index (χ0) is 14.7. The average Bonchev–Trinajstić information content (AvgIpc) is 2.83. The standard InChI is InChI=1S/C16H20Cl2FN/c1-15(2)9-4-5-16(3,8-9)14(15)20-10-6-11(17)13(19)12(18)7-10/h6-7,9,14,20H,4-5,8H2,1-3H3. The highest BCUT2D eigenvalue weighted by Gasteiger charge is 2.59. The van der Waals surface area contributed by atoms with Gasteiger partial charge < -0.3 is 5.32 Å². The number of anilines is 1. The highest BCUT2D eigenvalue weighted by atomic mass is 35.5. The van der Waals surface area contributed by atoms with Crippen LogP contribution in [0.2, 0.25) is 10.0 Å². The molecule has 0 spiro atoms. The Morgan fingerprint density at radius 2 is 1.80 bits per heavy atom. The molecule has 2 fully saturated rings. The van der Waals surface area contributed by atoms with Crippen molar-refractivity contribution in [2.45, 2.75) is 46.1 Å². The van der Waals surface area contributed by atoms with Gasteiger partial charge in [-0.3, -0.25) is 0 Å². The van der Waals surface area contributed by atoms with Crippen molar-refractivity contribution in [2.75, 3.05) is 5.32 Å². The summed E-state index contributed by atoms with van der Waals surface area (Å²) in [6, 6.07) is 3.63. The molecule has 1 N–H and O–H groups in total. The van der Waals surface area contributed by atoms with Crippen LogP contribution in [-0.4, -0.2) is 6.04 Å². The fourth-order valence-electron chi connectivity index (χ4n) is 4.47. The first-order chi connectivity index (χ1) is 9.24. The summed E-state index contributed by atoms with van der Waals surface area (Å²) in [4.78, 5) is 0. The van der Waals surface area contributed by atoms with Crippen LogP contribution in [0.15, 0.2) is 12.1 Å². The minimum atomic E-state index is -0.544. The van der Waals surface area contributed by atoms with Gasteiger partial charge in [-0.15, -0.1) is 0 Å². The van der Waals surface area contributed by atoms with Gasteiger partial charge in [-0.05, 0) is 48.1 Å². The quantitative estimate of drug-likeness (QED) is 0.684. The molecule has 20 heavy (non-hydrogen) atoms. The first kappa shape index (κ1) is 14.5. The molecule has 0 amide bonds. The van der Waals surface area contributed by atoms with Crippen LogP contribution in [0.25, 0.3) is 0 Å². The van der Waals surface area contributed by atoms with Crippen LogP contribution in [0.4, 0.5) is 10.1 Å². The predicted octanol–water partition coefficient (Wildman–Crippen LogP) is 5.76. The normalized spacial score (nSPS) is 34.5. The van der Waals surface area contributed by atoms with E-state index in [-0.39, 0.29) is 15.5 Å². The van der Waals surface area contributed by atoms with E-state index in [4.69, 9.17) is 23.2 Å². The number of halogens is 3. The van der Waals surface area contributed by atoms with Crippen molar-refractivity contribution < 1.29 is 4.39 Å². The van der Waals surface area contributed by atoms with Gasteiger partial charge in [-0.2, -0.15) is 0 Å². The van der Waals surface area contributed by atoms with Gasteiger partial charge in [0.05, 0.1) is 10.0 Å². The Bertz CT molecular complexity index is 530. The summed E-state index contributed by atoms with van der Waals surface area (Å²) in [5, 5.41) is 3.73. The fraction of sp³-hybridized carbons (Fsp3) is 0.625. The lowest BCUT2D eigenvalue weighted by molar-refractivity contribution is 0.155. The van der Waals surface area contributed by atoms with Crippen LogP contribution in [0.1, 0.15) is 40.0 Å². The molecule has 110 valence electrons. The van der Waals surface area contributed by atoms with Gasteiger partial charge in [0.25, 0.3) is 0 Å². The van der Waals surface area contributed by atoms with Crippen molar-refractivity contribution in [3.8, 4) is 0 Å². The second kappa shape index (κ2) is 4.51. The van der Waals surface area contributed by atoms with Gasteiger partial charge >= 0.3 is 0 Å². The summed E-state index contributed by atoms with van der Waals surface area (Å²) in [6.45, 7) is 7.01. The van der Waals surface area contributed by atoms with E-state index >= 15 is 0 Å². The Morgan fingerprint density at radius 3 is 2.30 bits per heavy atom. The monoisotopic (exact) mass is 315 g/mol. The van der Waals surface area contributed by atoms with Crippen molar-refractivity contribution in [3.05, 3.63) is 28.0 Å². The number of nitrogens with one attached hydrogen (secondary N) is 1. The number of hydrogen-bond acceptors (Lipinski definition) is 1. The molecule has 3 rings (SSSR count). The Morgan fingerprint density at radius 1 is 1.20 bits per heavy atom. The predicted molar refractivity (Wildman–Crippen MR) is 83.1 cm³/mol. The maximum absolute atomic E-state index is 13.5. The van der Waals surface area contributed by atoms with Gasteiger partial charge in [0.1, 0.15) is 0 Å². The highest BCUT2D eigenvalue weighted by molar-refractivity contribution is 6.35. The van der Waals surface area contributed by atoms with Gasteiger partial charge in [-0.1, -0.05) is 44.0 Å². The van der Waals surface area contributed by atoms with Gasteiger partial charge in [0.15, 0.2) is 5.82 Å². The molecule has 1 aromatic rings. The molecule has 4 heteroatoms. The average molecular weight is 316 g/mol.